The Morgan fingerprint density at radius 1 is 1.14 bits per heavy atom. The molecule has 1 atom stereocenters. The lowest BCUT2D eigenvalue weighted by Gasteiger charge is -2.47. The molecule has 5 rings (SSSR count). The maximum atomic E-state index is 15.3. The van der Waals surface area contributed by atoms with Crippen molar-refractivity contribution < 1.29 is 23.5 Å². The van der Waals surface area contributed by atoms with Crippen LogP contribution in [0.2, 0.25) is 10.0 Å². The normalized spacial score (nSPS) is 22.3. The van der Waals surface area contributed by atoms with Crippen molar-refractivity contribution in [1.29, 1.82) is 0 Å². The first-order chi connectivity index (χ1) is 17.4. The largest absolute Gasteiger partial charge is 0.462 e. The van der Waals surface area contributed by atoms with Gasteiger partial charge >= 0.3 is 5.97 Å². The number of nitrogens with zero attached hydrogens (tertiary/aromatic N) is 1. The molecule has 1 spiro atoms. The predicted molar refractivity (Wildman–Crippen MR) is 139 cm³/mol. The second-order valence-electron chi connectivity index (χ2n) is 10.1. The van der Waals surface area contributed by atoms with Crippen LogP contribution in [0.3, 0.4) is 0 Å². The third kappa shape index (κ3) is 3.65. The van der Waals surface area contributed by atoms with Crippen LogP contribution in [0.5, 0.6) is 0 Å². The third-order valence-electron chi connectivity index (χ3n) is 6.97. The van der Waals surface area contributed by atoms with Crippen molar-refractivity contribution in [3.05, 3.63) is 80.5 Å². The van der Waals surface area contributed by atoms with Crippen LogP contribution in [0, 0.1) is 11.2 Å². The number of anilines is 2. The number of carbonyl (C=O) groups excluding carboxylic acids is 3. The standard InChI is InChI=1S/C27H24Cl2FN3O4/c1-4-37-24(35)22-23(31)33(18-8-6-14(29)10-16(18)30)19-11-26(2,3)12-20(34)21(19)27(22)15-9-13(28)5-7-17(15)32-25(27)36/h5-10H,4,11-12,31H2,1-3H3,(H,32,36). The number of ether oxygens (including phenoxy) is 1. The summed E-state index contributed by atoms with van der Waals surface area (Å²) in [5.41, 5.74) is 5.04. The molecular weight excluding hydrogens is 520 g/mol. The van der Waals surface area contributed by atoms with E-state index in [0.717, 1.165) is 6.07 Å². The molecule has 0 radical (unpaired) electrons. The molecule has 37 heavy (non-hydrogen) atoms. The molecule has 2 aromatic carbocycles. The minimum absolute atomic E-state index is 0.0127. The first-order valence-electron chi connectivity index (χ1n) is 11.7. The molecular formula is C27H24Cl2FN3O4. The van der Waals surface area contributed by atoms with Gasteiger partial charge in [0.25, 0.3) is 0 Å². The maximum Gasteiger partial charge on any atom is 0.339 e. The Morgan fingerprint density at radius 3 is 2.49 bits per heavy atom. The molecule has 10 heteroatoms. The number of fused-ring (bicyclic) bond motifs is 3. The number of allylic oxidation sites excluding steroid dienone is 1. The van der Waals surface area contributed by atoms with E-state index in [4.69, 9.17) is 33.7 Å². The number of nitrogens with two attached hydrogens (primary N) is 1. The van der Waals surface area contributed by atoms with Crippen molar-refractivity contribution in [3.8, 4) is 0 Å². The molecule has 0 aromatic heterocycles. The Balaban J connectivity index is 1.94. The lowest BCUT2D eigenvalue weighted by molar-refractivity contribution is -0.140. The zero-order valence-electron chi connectivity index (χ0n) is 20.4. The Kier molecular flexibility index (Phi) is 5.88. The highest BCUT2D eigenvalue weighted by atomic mass is 35.5. The van der Waals surface area contributed by atoms with Gasteiger partial charge in [0.1, 0.15) is 22.6 Å². The summed E-state index contributed by atoms with van der Waals surface area (Å²) in [5, 5.41) is 3.25. The first kappa shape index (κ1) is 25.3. The molecule has 1 amide bonds. The van der Waals surface area contributed by atoms with Crippen LogP contribution in [0.1, 0.15) is 39.2 Å². The lowest BCUT2D eigenvalue weighted by Crippen LogP contribution is -2.54. The average molecular weight is 544 g/mol. The molecule has 1 aliphatic carbocycles. The Bertz CT molecular complexity index is 1470. The summed E-state index contributed by atoms with van der Waals surface area (Å²) in [5.74, 6) is -2.81. The SMILES string of the molecule is CCOC(=O)C1=C(N)N(c2ccc(Cl)cc2F)C2=C(C(=O)CC(C)(C)C2)C12C(=O)Nc1ccc(Cl)cc12. The van der Waals surface area contributed by atoms with Crippen molar-refractivity contribution in [2.75, 3.05) is 16.8 Å². The van der Waals surface area contributed by atoms with E-state index < -0.39 is 28.5 Å². The highest BCUT2D eigenvalue weighted by Gasteiger charge is 2.63. The summed E-state index contributed by atoms with van der Waals surface area (Å²) in [7, 11) is 0. The number of Topliss-reactive ketones (excluding diaryl/α,β-unsaturated/α-hetero) is 1. The fourth-order valence-corrected chi connectivity index (χ4v) is 5.98. The van der Waals surface area contributed by atoms with Gasteiger partial charge in [-0.3, -0.25) is 14.5 Å². The fourth-order valence-electron chi connectivity index (χ4n) is 5.65. The van der Waals surface area contributed by atoms with Crippen molar-refractivity contribution in [2.24, 2.45) is 11.1 Å². The van der Waals surface area contributed by atoms with Gasteiger partial charge in [-0.2, -0.15) is 0 Å². The van der Waals surface area contributed by atoms with Crippen molar-refractivity contribution in [1.82, 2.24) is 0 Å². The van der Waals surface area contributed by atoms with E-state index in [2.05, 4.69) is 5.32 Å². The van der Waals surface area contributed by atoms with Crippen LogP contribution >= 0.6 is 23.2 Å². The minimum atomic E-state index is -1.92. The number of halogens is 3. The molecule has 2 aromatic rings. The van der Waals surface area contributed by atoms with Crippen LogP contribution in [-0.4, -0.2) is 24.3 Å². The summed E-state index contributed by atoms with van der Waals surface area (Å²) < 4.78 is 20.7. The summed E-state index contributed by atoms with van der Waals surface area (Å²) in [4.78, 5) is 42.8. The molecule has 2 heterocycles. The number of ketones is 1. The topological polar surface area (TPSA) is 102 Å². The van der Waals surface area contributed by atoms with Crippen molar-refractivity contribution in [2.45, 2.75) is 39.0 Å². The number of benzene rings is 2. The van der Waals surface area contributed by atoms with Gasteiger partial charge in [0.15, 0.2) is 5.78 Å². The van der Waals surface area contributed by atoms with Crippen LogP contribution in [-0.2, 0) is 24.5 Å². The molecule has 3 aliphatic rings. The number of rotatable bonds is 3. The van der Waals surface area contributed by atoms with Gasteiger partial charge in [0, 0.05) is 39.0 Å². The van der Waals surface area contributed by atoms with Crippen LogP contribution in [0.15, 0.2) is 59.1 Å². The van der Waals surface area contributed by atoms with Crippen molar-refractivity contribution in [3.63, 3.8) is 0 Å². The molecule has 1 unspecified atom stereocenters. The average Bonchev–Trinajstić information content (AvgIpc) is 3.05. The Hall–Kier alpha value is -3.36. The number of amides is 1. The molecule has 192 valence electrons. The van der Waals surface area contributed by atoms with Gasteiger partial charge < -0.3 is 15.8 Å². The molecule has 7 nitrogen and oxygen atoms in total. The van der Waals surface area contributed by atoms with Crippen molar-refractivity contribution >= 4 is 52.2 Å². The van der Waals surface area contributed by atoms with E-state index in [-0.39, 0.29) is 52.9 Å². The Morgan fingerprint density at radius 2 is 1.81 bits per heavy atom. The molecule has 0 fully saturated rings. The molecule has 0 saturated carbocycles. The van der Waals surface area contributed by atoms with E-state index in [1.807, 2.05) is 13.8 Å². The second kappa shape index (κ2) is 8.60. The Labute approximate surface area is 223 Å². The van der Waals surface area contributed by atoms with Crippen LogP contribution in [0.25, 0.3) is 0 Å². The summed E-state index contributed by atoms with van der Waals surface area (Å²) in [6.07, 6.45) is 0.377. The summed E-state index contributed by atoms with van der Waals surface area (Å²) in [6, 6.07) is 8.75. The summed E-state index contributed by atoms with van der Waals surface area (Å²) >= 11 is 12.3. The molecule has 2 aliphatic heterocycles. The van der Waals surface area contributed by atoms with E-state index in [1.54, 1.807) is 19.1 Å². The number of hydrogen-bond acceptors (Lipinski definition) is 6. The zero-order chi connectivity index (χ0) is 26.9. The molecule has 0 bridgehead atoms. The monoisotopic (exact) mass is 543 g/mol. The van der Waals surface area contributed by atoms with Gasteiger partial charge in [0.05, 0.1) is 12.3 Å². The molecule has 3 N–H and O–H groups in total. The lowest BCUT2D eigenvalue weighted by atomic mass is 9.60. The van der Waals surface area contributed by atoms with E-state index >= 15 is 4.39 Å². The van der Waals surface area contributed by atoms with Gasteiger partial charge in [-0.25, -0.2) is 9.18 Å². The van der Waals surface area contributed by atoms with Gasteiger partial charge in [0.2, 0.25) is 5.91 Å². The maximum absolute atomic E-state index is 15.3. The molecule has 0 saturated heterocycles. The number of esters is 1. The summed E-state index contributed by atoms with van der Waals surface area (Å²) in [6.45, 7) is 5.40. The highest BCUT2D eigenvalue weighted by Crippen LogP contribution is 2.58. The smallest absolute Gasteiger partial charge is 0.339 e. The van der Waals surface area contributed by atoms with E-state index in [0.29, 0.717) is 22.0 Å². The quantitative estimate of drug-likeness (QED) is 0.514. The number of carbonyl (C=O) groups is 3. The predicted octanol–water partition coefficient (Wildman–Crippen LogP) is 5.22. The van der Waals surface area contributed by atoms with E-state index in [9.17, 15) is 14.4 Å². The highest BCUT2D eigenvalue weighted by molar-refractivity contribution is 6.32. The third-order valence-corrected chi connectivity index (χ3v) is 7.44. The second-order valence-corrected chi connectivity index (χ2v) is 10.9. The fraction of sp³-hybridized carbons (Fsp3) is 0.296. The van der Waals surface area contributed by atoms with E-state index in [1.165, 1.54) is 23.1 Å². The number of nitrogens with one attached hydrogen (secondary N) is 1. The van der Waals surface area contributed by atoms with Crippen LogP contribution in [0.4, 0.5) is 15.8 Å². The van der Waals surface area contributed by atoms with Gasteiger partial charge in [-0.1, -0.05) is 37.0 Å². The van der Waals surface area contributed by atoms with Gasteiger partial charge in [-0.15, -0.1) is 0 Å². The first-order valence-corrected chi connectivity index (χ1v) is 12.5. The number of hydrogen-bond donors (Lipinski definition) is 2. The minimum Gasteiger partial charge on any atom is -0.462 e. The van der Waals surface area contributed by atoms with Crippen LogP contribution < -0.4 is 16.0 Å². The zero-order valence-corrected chi connectivity index (χ0v) is 21.9. The van der Waals surface area contributed by atoms with Gasteiger partial charge in [-0.05, 0) is 55.2 Å².